The molecule has 0 saturated carbocycles. The molecule has 0 spiro atoms. The van der Waals surface area contributed by atoms with Crippen molar-refractivity contribution < 1.29 is 0 Å². The van der Waals surface area contributed by atoms with Crippen LogP contribution in [-0.4, -0.2) is 14.3 Å². The molecule has 0 atom stereocenters. The van der Waals surface area contributed by atoms with E-state index in [2.05, 4.69) is 18.8 Å². The maximum Gasteiger partial charge on any atom is 0.263 e. The SMILES string of the molecule is Cc1sc(C)c2c(=O)n3c(nc12)SC(C)(C)C3. The van der Waals surface area contributed by atoms with Crippen LogP contribution in [0.15, 0.2) is 9.95 Å². The lowest BCUT2D eigenvalue weighted by Crippen LogP contribution is -2.25. The van der Waals surface area contributed by atoms with Crippen molar-refractivity contribution in [1.82, 2.24) is 9.55 Å². The van der Waals surface area contributed by atoms with Crippen molar-refractivity contribution in [2.24, 2.45) is 0 Å². The van der Waals surface area contributed by atoms with Crippen molar-refractivity contribution in [3.63, 3.8) is 0 Å². The molecule has 5 heteroatoms. The first kappa shape index (κ1) is 11.3. The molecule has 1 aliphatic heterocycles. The number of rotatable bonds is 0. The van der Waals surface area contributed by atoms with Crippen molar-refractivity contribution in [2.75, 3.05) is 0 Å². The van der Waals surface area contributed by atoms with Gasteiger partial charge in [-0.1, -0.05) is 11.8 Å². The maximum atomic E-state index is 12.5. The molecule has 0 unspecified atom stereocenters. The highest BCUT2D eigenvalue weighted by atomic mass is 32.2. The molecule has 0 N–H and O–H groups in total. The number of nitrogens with zero attached hydrogens (tertiary/aromatic N) is 2. The molecule has 0 amide bonds. The zero-order valence-electron chi connectivity index (χ0n) is 10.3. The first-order valence-electron chi connectivity index (χ1n) is 5.58. The van der Waals surface area contributed by atoms with Crippen LogP contribution in [0, 0.1) is 13.8 Å². The van der Waals surface area contributed by atoms with Crippen molar-refractivity contribution >= 4 is 34.0 Å². The van der Waals surface area contributed by atoms with E-state index >= 15 is 0 Å². The van der Waals surface area contributed by atoms with Gasteiger partial charge >= 0.3 is 0 Å². The van der Waals surface area contributed by atoms with Gasteiger partial charge in [0.2, 0.25) is 0 Å². The quantitative estimate of drug-likeness (QED) is 0.688. The molecule has 2 aromatic heterocycles. The van der Waals surface area contributed by atoms with Crippen LogP contribution >= 0.6 is 23.1 Å². The van der Waals surface area contributed by atoms with E-state index in [1.54, 1.807) is 23.1 Å². The van der Waals surface area contributed by atoms with Crippen LogP contribution in [0.4, 0.5) is 0 Å². The van der Waals surface area contributed by atoms with Crippen LogP contribution in [0.25, 0.3) is 10.9 Å². The lowest BCUT2D eigenvalue weighted by molar-refractivity contribution is 0.547. The largest absolute Gasteiger partial charge is 0.286 e. The van der Waals surface area contributed by atoms with Crippen LogP contribution in [0.3, 0.4) is 0 Å². The standard InChI is InChI=1S/C12H14N2OS2/c1-6-8-9(7(2)16-6)13-11-14(10(8)15)5-12(3,4)17-11/h5H2,1-4H3. The number of hydrogen-bond donors (Lipinski definition) is 0. The Morgan fingerprint density at radius 2 is 2.00 bits per heavy atom. The van der Waals surface area contributed by atoms with E-state index in [4.69, 9.17) is 0 Å². The lowest BCUT2D eigenvalue weighted by atomic mass is 10.2. The number of aryl methyl sites for hydroxylation is 2. The molecule has 90 valence electrons. The molecule has 0 fully saturated rings. The Morgan fingerprint density at radius 1 is 1.29 bits per heavy atom. The second-order valence-corrected chi connectivity index (χ2v) is 8.19. The first-order valence-corrected chi connectivity index (χ1v) is 7.22. The molecule has 3 heterocycles. The average molecular weight is 266 g/mol. The van der Waals surface area contributed by atoms with E-state index in [1.807, 2.05) is 18.4 Å². The smallest absolute Gasteiger partial charge is 0.263 e. The zero-order valence-corrected chi connectivity index (χ0v) is 12.0. The molecule has 0 bridgehead atoms. The Labute approximate surface area is 108 Å². The van der Waals surface area contributed by atoms with E-state index < -0.39 is 0 Å². The number of aromatic nitrogens is 2. The number of fused-ring (bicyclic) bond motifs is 2. The number of thiophene rings is 1. The van der Waals surface area contributed by atoms with Crippen molar-refractivity contribution in [1.29, 1.82) is 0 Å². The average Bonchev–Trinajstić information content (AvgIpc) is 2.65. The van der Waals surface area contributed by atoms with Gasteiger partial charge in [0.1, 0.15) is 0 Å². The Kier molecular flexibility index (Phi) is 2.23. The summed E-state index contributed by atoms with van der Waals surface area (Å²) in [5.41, 5.74) is 1.03. The van der Waals surface area contributed by atoms with Crippen LogP contribution in [0.2, 0.25) is 0 Å². The van der Waals surface area contributed by atoms with Gasteiger partial charge in [0.15, 0.2) is 5.16 Å². The topological polar surface area (TPSA) is 34.9 Å². The number of hydrogen-bond acceptors (Lipinski definition) is 4. The summed E-state index contributed by atoms with van der Waals surface area (Å²) in [4.78, 5) is 19.4. The van der Waals surface area contributed by atoms with E-state index in [1.165, 1.54) is 0 Å². The lowest BCUT2D eigenvalue weighted by Gasteiger charge is -2.12. The fourth-order valence-electron chi connectivity index (χ4n) is 2.31. The fourth-order valence-corrected chi connectivity index (χ4v) is 4.39. The molecule has 1 aliphatic rings. The normalized spacial score (nSPS) is 17.6. The molecule has 0 aliphatic carbocycles. The second-order valence-electron chi connectivity index (χ2n) is 5.09. The van der Waals surface area contributed by atoms with Crippen molar-refractivity contribution in [3.05, 3.63) is 20.1 Å². The molecular weight excluding hydrogens is 252 g/mol. The summed E-state index contributed by atoms with van der Waals surface area (Å²) in [7, 11) is 0. The predicted octanol–water partition coefficient (Wildman–Crippen LogP) is 2.96. The monoisotopic (exact) mass is 266 g/mol. The summed E-state index contributed by atoms with van der Waals surface area (Å²) in [6.45, 7) is 9.10. The van der Waals surface area contributed by atoms with Gasteiger partial charge in [0, 0.05) is 21.0 Å². The zero-order chi connectivity index (χ0) is 12.4. The predicted molar refractivity (Wildman–Crippen MR) is 73.3 cm³/mol. The molecule has 0 aromatic carbocycles. The fraction of sp³-hybridized carbons (Fsp3) is 0.500. The van der Waals surface area contributed by atoms with E-state index in [9.17, 15) is 4.79 Å². The van der Waals surface area contributed by atoms with Crippen LogP contribution in [0.1, 0.15) is 23.6 Å². The van der Waals surface area contributed by atoms with E-state index in [0.29, 0.717) is 0 Å². The minimum Gasteiger partial charge on any atom is -0.286 e. The Balaban J connectivity index is 2.40. The third-order valence-electron chi connectivity index (χ3n) is 3.03. The molecule has 0 saturated heterocycles. The molecule has 3 nitrogen and oxygen atoms in total. The van der Waals surface area contributed by atoms with E-state index in [0.717, 1.165) is 32.4 Å². The second kappa shape index (κ2) is 3.36. The highest BCUT2D eigenvalue weighted by molar-refractivity contribution is 8.00. The van der Waals surface area contributed by atoms with Crippen molar-refractivity contribution in [2.45, 2.75) is 44.1 Å². The summed E-state index contributed by atoms with van der Waals surface area (Å²) in [6, 6.07) is 0. The summed E-state index contributed by atoms with van der Waals surface area (Å²) in [5, 5.41) is 1.68. The molecule has 17 heavy (non-hydrogen) atoms. The molecule has 0 radical (unpaired) electrons. The molecular formula is C12H14N2OS2. The van der Waals surface area contributed by atoms with Gasteiger partial charge in [-0.05, 0) is 27.7 Å². The van der Waals surface area contributed by atoms with Gasteiger partial charge < -0.3 is 0 Å². The van der Waals surface area contributed by atoms with Gasteiger partial charge in [-0.2, -0.15) is 0 Å². The van der Waals surface area contributed by atoms with Gasteiger partial charge in [-0.3, -0.25) is 9.36 Å². The minimum absolute atomic E-state index is 0.0726. The Bertz CT molecular complexity index is 682. The van der Waals surface area contributed by atoms with Crippen LogP contribution in [0.5, 0.6) is 0 Å². The van der Waals surface area contributed by atoms with Gasteiger partial charge in [-0.15, -0.1) is 11.3 Å². The maximum absolute atomic E-state index is 12.5. The Hall–Kier alpha value is -0.810. The highest BCUT2D eigenvalue weighted by Gasteiger charge is 2.32. The number of thioether (sulfide) groups is 1. The van der Waals surface area contributed by atoms with Gasteiger partial charge in [0.05, 0.1) is 10.9 Å². The van der Waals surface area contributed by atoms with E-state index in [-0.39, 0.29) is 10.3 Å². The summed E-state index contributed by atoms with van der Waals surface area (Å²) in [6.07, 6.45) is 0. The summed E-state index contributed by atoms with van der Waals surface area (Å²) >= 11 is 3.36. The molecule has 3 rings (SSSR count). The third kappa shape index (κ3) is 1.56. The van der Waals surface area contributed by atoms with Crippen molar-refractivity contribution in [3.8, 4) is 0 Å². The van der Waals surface area contributed by atoms with Crippen LogP contribution in [-0.2, 0) is 6.54 Å². The molecule has 2 aromatic rings. The minimum atomic E-state index is 0.0726. The first-order chi connectivity index (χ1) is 7.89. The van der Waals surface area contributed by atoms with Crippen LogP contribution < -0.4 is 5.56 Å². The van der Waals surface area contributed by atoms with Gasteiger partial charge in [-0.25, -0.2) is 4.98 Å². The highest BCUT2D eigenvalue weighted by Crippen LogP contribution is 2.39. The van der Waals surface area contributed by atoms with Gasteiger partial charge in [0.25, 0.3) is 5.56 Å². The summed E-state index contributed by atoms with van der Waals surface area (Å²) < 4.78 is 1.90. The Morgan fingerprint density at radius 3 is 2.71 bits per heavy atom. The summed E-state index contributed by atoms with van der Waals surface area (Å²) in [5.74, 6) is 0. The third-order valence-corrected chi connectivity index (χ3v) is 5.22.